The number of pyridine rings is 1. The molecule has 53 heavy (non-hydrogen) atoms. The van der Waals surface area contributed by atoms with Gasteiger partial charge in [-0.2, -0.15) is 0 Å². The number of nitrogens with one attached hydrogen (secondary N) is 2. The number of methoxy groups -OCH3 is 1. The van der Waals surface area contributed by atoms with E-state index in [0.717, 1.165) is 24.8 Å². The summed E-state index contributed by atoms with van der Waals surface area (Å²) in [5.41, 5.74) is 0.657. The van der Waals surface area contributed by atoms with Crippen LogP contribution in [0.5, 0.6) is 11.5 Å². The highest BCUT2D eigenvalue weighted by Crippen LogP contribution is 2.45. The smallest absolute Gasteiger partial charge is 0.259 e. The number of carbonyl (C=O) groups is 4. The number of hydrogen-bond acceptors (Lipinski definition) is 9. The molecule has 13 nitrogen and oxygen atoms in total. The zero-order valence-electron chi connectivity index (χ0n) is 29.8. The SMILES string of the molecule is C=CC1C[C@]1(NC(=O)[C@@H]1C[C@@H](Oc2cc(-c3ccccc3)nc3cc(OC)ccc23)CN1C(=O)CCC(=O)N1CCCCC1)C(=O)NS(=O)(=O)C1CC1. The molecule has 2 saturated carbocycles. The Morgan fingerprint density at radius 1 is 1.00 bits per heavy atom. The summed E-state index contributed by atoms with van der Waals surface area (Å²) in [5, 5.41) is 2.90. The fraction of sp³-hybridized carbons (Fsp3) is 0.462. The largest absolute Gasteiger partial charge is 0.497 e. The van der Waals surface area contributed by atoms with Crippen LogP contribution < -0.4 is 19.5 Å². The number of likely N-dealkylation sites (tertiary alicyclic amines) is 2. The number of nitrogens with zero attached hydrogens (tertiary/aromatic N) is 3. The van der Waals surface area contributed by atoms with Crippen LogP contribution >= 0.6 is 0 Å². The third kappa shape index (κ3) is 7.73. The molecule has 0 spiro atoms. The van der Waals surface area contributed by atoms with Crippen LogP contribution in [0, 0.1) is 5.92 Å². The molecule has 2 aromatic carbocycles. The van der Waals surface area contributed by atoms with Crippen LogP contribution in [0.2, 0.25) is 0 Å². The Morgan fingerprint density at radius 3 is 2.42 bits per heavy atom. The molecule has 1 unspecified atom stereocenters. The topological polar surface area (TPSA) is 164 Å². The van der Waals surface area contributed by atoms with Crippen molar-refractivity contribution >= 4 is 44.6 Å². The van der Waals surface area contributed by atoms with Crippen LogP contribution in [0.4, 0.5) is 0 Å². The second-order valence-corrected chi connectivity index (χ2v) is 16.4. The number of ether oxygens (including phenoxy) is 2. The van der Waals surface area contributed by atoms with Gasteiger partial charge in [0.1, 0.15) is 29.2 Å². The Labute approximate surface area is 309 Å². The first kappa shape index (κ1) is 36.4. The number of carbonyl (C=O) groups excluding carboxylic acids is 4. The van der Waals surface area contributed by atoms with Crippen molar-refractivity contribution in [3.8, 4) is 22.8 Å². The van der Waals surface area contributed by atoms with Crippen LogP contribution in [-0.4, -0.2) is 96.5 Å². The molecule has 4 atom stereocenters. The average molecular weight is 744 g/mol. The third-order valence-electron chi connectivity index (χ3n) is 10.7. The molecule has 0 bridgehead atoms. The minimum Gasteiger partial charge on any atom is -0.497 e. The zero-order valence-corrected chi connectivity index (χ0v) is 30.6. The second kappa shape index (κ2) is 14.8. The summed E-state index contributed by atoms with van der Waals surface area (Å²) in [4.78, 5) is 62.6. The van der Waals surface area contributed by atoms with Crippen molar-refractivity contribution in [2.24, 2.45) is 5.92 Å². The molecule has 2 N–H and O–H groups in total. The first-order chi connectivity index (χ1) is 25.5. The van der Waals surface area contributed by atoms with E-state index in [1.807, 2.05) is 48.5 Å². The highest BCUT2D eigenvalue weighted by Gasteiger charge is 2.62. The van der Waals surface area contributed by atoms with Crippen molar-refractivity contribution in [1.82, 2.24) is 24.8 Å². The first-order valence-electron chi connectivity index (χ1n) is 18.3. The standard InChI is InChI=1S/C39H45N5O8S/c1-3-26-23-39(26,38(48)42-53(49,50)29-13-14-29)41-37(47)33-21-28(24-44(33)36(46)17-16-35(45)43-18-8-5-9-19-43)52-34-22-31(25-10-6-4-7-11-25)40-32-20-27(51-2)12-15-30(32)34/h3-4,6-7,10-12,15,20,22,26,28-29,33H,1,5,8-9,13-14,16-19,21,23-24H2,2H3,(H,41,47)(H,42,48)/t26?,28-,33+,39-/m1/s1. The van der Waals surface area contributed by atoms with E-state index in [4.69, 9.17) is 14.5 Å². The van der Waals surface area contributed by atoms with E-state index in [-0.39, 0.29) is 44.0 Å². The van der Waals surface area contributed by atoms with Crippen molar-refractivity contribution in [3.63, 3.8) is 0 Å². The molecule has 4 amide bonds. The highest BCUT2D eigenvalue weighted by molar-refractivity contribution is 7.91. The van der Waals surface area contributed by atoms with Gasteiger partial charge in [0.15, 0.2) is 0 Å². The van der Waals surface area contributed by atoms with Crippen LogP contribution in [-0.2, 0) is 29.2 Å². The number of piperidine rings is 1. The van der Waals surface area contributed by atoms with Gasteiger partial charge in [-0.05, 0) is 50.7 Å². The Balaban J connectivity index is 1.15. The van der Waals surface area contributed by atoms with E-state index >= 15 is 0 Å². The molecule has 4 fully saturated rings. The van der Waals surface area contributed by atoms with Crippen molar-refractivity contribution in [1.29, 1.82) is 0 Å². The van der Waals surface area contributed by atoms with Gasteiger partial charge in [0, 0.05) is 61.4 Å². The molecular formula is C39H45N5O8S. The van der Waals surface area contributed by atoms with E-state index in [1.54, 1.807) is 18.1 Å². The minimum atomic E-state index is -3.87. The third-order valence-corrected chi connectivity index (χ3v) is 12.6. The lowest BCUT2D eigenvalue weighted by molar-refractivity contribution is -0.141. The van der Waals surface area contributed by atoms with Gasteiger partial charge in [-0.3, -0.25) is 23.9 Å². The van der Waals surface area contributed by atoms with Gasteiger partial charge < -0.3 is 24.6 Å². The zero-order chi connectivity index (χ0) is 37.3. The predicted octanol–water partition coefficient (Wildman–Crippen LogP) is 3.72. The molecule has 280 valence electrons. The van der Waals surface area contributed by atoms with E-state index in [0.29, 0.717) is 54.0 Å². The number of aromatic nitrogens is 1. The normalized spacial score (nSPS) is 24.0. The second-order valence-electron chi connectivity index (χ2n) is 14.4. The quantitative estimate of drug-likeness (QED) is 0.249. The van der Waals surface area contributed by atoms with Gasteiger partial charge >= 0.3 is 0 Å². The van der Waals surface area contributed by atoms with Crippen molar-refractivity contribution < 1.29 is 37.1 Å². The monoisotopic (exact) mass is 743 g/mol. The van der Waals surface area contributed by atoms with E-state index < -0.39 is 50.7 Å². The van der Waals surface area contributed by atoms with Crippen molar-refractivity contribution in [2.75, 3.05) is 26.7 Å². The summed E-state index contributed by atoms with van der Waals surface area (Å²) in [5.74, 6) is -1.27. The number of sulfonamides is 1. The number of hydrogen-bond donors (Lipinski definition) is 2. The molecule has 3 aromatic rings. The molecule has 3 heterocycles. The number of fused-ring (bicyclic) bond motifs is 1. The molecule has 2 aliphatic heterocycles. The molecule has 0 radical (unpaired) electrons. The first-order valence-corrected chi connectivity index (χ1v) is 19.8. The molecule has 2 saturated heterocycles. The lowest BCUT2D eigenvalue weighted by Gasteiger charge is -2.28. The van der Waals surface area contributed by atoms with Gasteiger partial charge in [-0.15, -0.1) is 6.58 Å². The average Bonchev–Trinajstić information content (AvgIpc) is 4.10. The maximum atomic E-state index is 14.2. The molecule has 14 heteroatoms. The van der Waals surface area contributed by atoms with Gasteiger partial charge in [-0.1, -0.05) is 36.4 Å². The van der Waals surface area contributed by atoms with E-state index in [2.05, 4.69) is 16.6 Å². The van der Waals surface area contributed by atoms with Crippen LogP contribution in [0.15, 0.2) is 67.3 Å². The van der Waals surface area contributed by atoms with Gasteiger partial charge in [0.25, 0.3) is 5.91 Å². The number of rotatable bonds is 13. The number of amides is 4. The van der Waals surface area contributed by atoms with Crippen LogP contribution in [0.1, 0.15) is 57.8 Å². The summed E-state index contributed by atoms with van der Waals surface area (Å²) in [6, 6.07) is 15.9. The van der Waals surface area contributed by atoms with Crippen molar-refractivity contribution in [2.45, 2.75) is 80.7 Å². The van der Waals surface area contributed by atoms with Crippen LogP contribution in [0.3, 0.4) is 0 Å². The van der Waals surface area contributed by atoms with Crippen molar-refractivity contribution in [3.05, 3.63) is 67.3 Å². The fourth-order valence-corrected chi connectivity index (χ4v) is 8.79. The maximum absolute atomic E-state index is 14.2. The van der Waals surface area contributed by atoms with Gasteiger partial charge in [0.05, 0.1) is 30.1 Å². The Kier molecular flexibility index (Phi) is 10.2. The Bertz CT molecular complexity index is 2030. The summed E-state index contributed by atoms with van der Waals surface area (Å²) >= 11 is 0. The summed E-state index contributed by atoms with van der Waals surface area (Å²) in [6.07, 6.45) is 4.94. The number of benzene rings is 2. The van der Waals surface area contributed by atoms with Gasteiger partial charge in [0.2, 0.25) is 27.7 Å². The molecule has 4 aliphatic rings. The highest BCUT2D eigenvalue weighted by atomic mass is 32.2. The lowest BCUT2D eigenvalue weighted by atomic mass is 10.1. The minimum absolute atomic E-state index is 0.0103. The van der Waals surface area contributed by atoms with Gasteiger partial charge in [-0.25, -0.2) is 13.4 Å². The molecule has 7 rings (SSSR count). The molecule has 1 aromatic heterocycles. The predicted molar refractivity (Wildman–Crippen MR) is 197 cm³/mol. The Hall–Kier alpha value is -4.98. The maximum Gasteiger partial charge on any atom is 0.259 e. The Morgan fingerprint density at radius 2 is 1.74 bits per heavy atom. The van der Waals surface area contributed by atoms with Crippen LogP contribution in [0.25, 0.3) is 22.2 Å². The summed E-state index contributed by atoms with van der Waals surface area (Å²) in [7, 11) is -2.30. The summed E-state index contributed by atoms with van der Waals surface area (Å²) < 4.78 is 39.6. The lowest BCUT2D eigenvalue weighted by Crippen LogP contribution is -2.56. The molecule has 2 aliphatic carbocycles. The fourth-order valence-electron chi connectivity index (χ4n) is 7.42. The van der Waals surface area contributed by atoms with E-state index in [9.17, 15) is 27.6 Å². The molecular weight excluding hydrogens is 699 g/mol. The summed E-state index contributed by atoms with van der Waals surface area (Å²) in [6.45, 7) is 5.16. The van der Waals surface area contributed by atoms with E-state index in [1.165, 1.54) is 11.0 Å².